The second-order valence-electron chi connectivity index (χ2n) is 5.53. The van der Waals surface area contributed by atoms with Crippen LogP contribution in [0.5, 0.6) is 5.75 Å². The van der Waals surface area contributed by atoms with E-state index in [1.165, 1.54) is 0 Å². The number of methoxy groups -OCH3 is 1. The molecule has 1 heterocycles. The monoisotopic (exact) mass is 327 g/mol. The molecule has 2 rings (SSSR count). The number of halogens is 1. The molecule has 0 aromatic heterocycles. The zero-order chi connectivity index (χ0) is 13.9. The second-order valence-corrected chi connectivity index (χ2v) is 6.45. The van der Waals surface area contributed by atoms with Crippen molar-refractivity contribution < 1.29 is 9.84 Å². The first-order valence-electron chi connectivity index (χ1n) is 6.78. The summed E-state index contributed by atoms with van der Waals surface area (Å²) in [4.78, 5) is 0. The lowest BCUT2D eigenvalue weighted by Crippen LogP contribution is -2.45. The number of aliphatic hydroxyl groups is 1. The highest BCUT2D eigenvalue weighted by molar-refractivity contribution is 9.10. The standard InChI is InChI=1S/C15H22BrNO2/c1-15(18,12-4-3-7-17-10-12)9-11-8-13(16)5-6-14(11)19-2/h5-6,8,12,17-18H,3-4,7,9-10H2,1-2H3. The lowest BCUT2D eigenvalue weighted by molar-refractivity contribution is -0.0106. The molecule has 1 aromatic carbocycles. The molecule has 2 unspecified atom stereocenters. The fourth-order valence-corrected chi connectivity index (χ4v) is 3.21. The van der Waals surface area contributed by atoms with Gasteiger partial charge in [-0.25, -0.2) is 0 Å². The van der Waals surface area contributed by atoms with Crippen molar-refractivity contribution in [3.63, 3.8) is 0 Å². The molecule has 2 atom stereocenters. The van der Waals surface area contributed by atoms with E-state index in [2.05, 4.69) is 21.2 Å². The van der Waals surface area contributed by atoms with Crippen molar-refractivity contribution in [2.24, 2.45) is 5.92 Å². The third-order valence-electron chi connectivity index (χ3n) is 3.97. The van der Waals surface area contributed by atoms with E-state index >= 15 is 0 Å². The van der Waals surface area contributed by atoms with Crippen molar-refractivity contribution in [2.45, 2.75) is 31.8 Å². The van der Waals surface area contributed by atoms with E-state index in [1.807, 2.05) is 25.1 Å². The number of ether oxygens (including phenoxy) is 1. The van der Waals surface area contributed by atoms with Gasteiger partial charge in [-0.3, -0.25) is 0 Å². The predicted octanol–water partition coefficient (Wildman–Crippen LogP) is 2.75. The quantitative estimate of drug-likeness (QED) is 0.893. The molecule has 1 aliphatic rings. The average molecular weight is 328 g/mol. The van der Waals surface area contributed by atoms with Crippen LogP contribution in [0.1, 0.15) is 25.3 Å². The third-order valence-corrected chi connectivity index (χ3v) is 4.46. The summed E-state index contributed by atoms with van der Waals surface area (Å²) in [5.41, 5.74) is 0.342. The minimum atomic E-state index is -0.707. The van der Waals surface area contributed by atoms with Gasteiger partial charge in [0.15, 0.2) is 0 Å². The summed E-state index contributed by atoms with van der Waals surface area (Å²) in [5, 5.41) is 14.2. The van der Waals surface area contributed by atoms with Crippen LogP contribution in [-0.2, 0) is 6.42 Å². The number of hydrogen-bond acceptors (Lipinski definition) is 3. The molecule has 0 amide bonds. The Morgan fingerprint density at radius 2 is 2.32 bits per heavy atom. The molecule has 2 N–H and O–H groups in total. The summed E-state index contributed by atoms with van der Waals surface area (Å²) in [6.07, 6.45) is 2.83. The summed E-state index contributed by atoms with van der Waals surface area (Å²) in [6.45, 7) is 3.89. The van der Waals surface area contributed by atoms with Crippen LogP contribution in [0.15, 0.2) is 22.7 Å². The normalized spacial score (nSPS) is 22.8. The van der Waals surface area contributed by atoms with Gasteiger partial charge in [0.2, 0.25) is 0 Å². The zero-order valence-corrected chi connectivity index (χ0v) is 13.2. The Bertz CT molecular complexity index is 428. The van der Waals surface area contributed by atoms with E-state index in [4.69, 9.17) is 4.74 Å². The fourth-order valence-electron chi connectivity index (χ4n) is 2.80. The van der Waals surface area contributed by atoms with Crippen LogP contribution in [0.3, 0.4) is 0 Å². The van der Waals surface area contributed by atoms with Crippen LogP contribution in [-0.4, -0.2) is 30.9 Å². The number of hydrogen-bond donors (Lipinski definition) is 2. The number of nitrogens with one attached hydrogen (secondary N) is 1. The Balaban J connectivity index is 2.16. The van der Waals surface area contributed by atoms with Gasteiger partial charge in [0.25, 0.3) is 0 Å². The molecule has 0 radical (unpaired) electrons. The maximum Gasteiger partial charge on any atom is 0.122 e. The summed E-state index contributed by atoms with van der Waals surface area (Å²) in [6, 6.07) is 5.93. The molecule has 19 heavy (non-hydrogen) atoms. The molecular weight excluding hydrogens is 306 g/mol. The highest BCUT2D eigenvalue weighted by atomic mass is 79.9. The van der Waals surface area contributed by atoms with Gasteiger partial charge in [-0.15, -0.1) is 0 Å². The van der Waals surface area contributed by atoms with E-state index in [9.17, 15) is 5.11 Å². The first-order chi connectivity index (χ1) is 9.03. The van der Waals surface area contributed by atoms with Gasteiger partial charge >= 0.3 is 0 Å². The topological polar surface area (TPSA) is 41.5 Å². The minimum absolute atomic E-state index is 0.296. The van der Waals surface area contributed by atoms with E-state index in [1.54, 1.807) is 7.11 Å². The van der Waals surface area contributed by atoms with E-state index < -0.39 is 5.60 Å². The van der Waals surface area contributed by atoms with E-state index in [-0.39, 0.29) is 0 Å². The SMILES string of the molecule is COc1ccc(Br)cc1CC(C)(O)C1CCCNC1. The summed E-state index contributed by atoms with van der Waals surface area (Å²) < 4.78 is 6.40. The highest BCUT2D eigenvalue weighted by Gasteiger charge is 2.33. The average Bonchev–Trinajstić information content (AvgIpc) is 2.39. The Labute approximate surface area is 123 Å². The lowest BCUT2D eigenvalue weighted by atomic mass is 9.79. The van der Waals surface area contributed by atoms with E-state index in [0.29, 0.717) is 12.3 Å². The summed E-state index contributed by atoms with van der Waals surface area (Å²) in [5.74, 6) is 1.14. The Hall–Kier alpha value is -0.580. The van der Waals surface area contributed by atoms with Crippen molar-refractivity contribution in [3.8, 4) is 5.75 Å². The molecule has 0 spiro atoms. The van der Waals surface area contributed by atoms with Crippen LogP contribution in [0.2, 0.25) is 0 Å². The molecule has 1 aromatic rings. The maximum atomic E-state index is 10.8. The van der Waals surface area contributed by atoms with Gasteiger partial charge in [0.1, 0.15) is 5.75 Å². The lowest BCUT2D eigenvalue weighted by Gasteiger charge is -2.36. The number of rotatable bonds is 4. The van der Waals surface area contributed by atoms with Crippen LogP contribution >= 0.6 is 15.9 Å². The van der Waals surface area contributed by atoms with Crippen LogP contribution < -0.4 is 10.1 Å². The van der Waals surface area contributed by atoms with Gasteiger partial charge in [-0.1, -0.05) is 15.9 Å². The van der Waals surface area contributed by atoms with Crippen LogP contribution in [0, 0.1) is 5.92 Å². The first-order valence-corrected chi connectivity index (χ1v) is 7.58. The second kappa shape index (κ2) is 6.25. The fraction of sp³-hybridized carbons (Fsp3) is 0.600. The number of piperidine rings is 1. The van der Waals surface area contributed by atoms with Gasteiger partial charge in [0, 0.05) is 23.4 Å². The summed E-state index contributed by atoms with van der Waals surface area (Å²) in [7, 11) is 1.67. The Morgan fingerprint density at radius 1 is 1.53 bits per heavy atom. The molecule has 4 heteroatoms. The Morgan fingerprint density at radius 3 is 2.95 bits per heavy atom. The molecule has 0 aliphatic carbocycles. The molecule has 0 saturated carbocycles. The highest BCUT2D eigenvalue weighted by Crippen LogP contribution is 2.32. The third kappa shape index (κ3) is 3.71. The smallest absolute Gasteiger partial charge is 0.122 e. The molecule has 3 nitrogen and oxygen atoms in total. The van der Waals surface area contributed by atoms with Gasteiger partial charge in [-0.2, -0.15) is 0 Å². The molecule has 106 valence electrons. The van der Waals surface area contributed by atoms with Gasteiger partial charge < -0.3 is 15.2 Å². The van der Waals surface area contributed by atoms with Crippen molar-refractivity contribution in [2.75, 3.05) is 20.2 Å². The first kappa shape index (κ1) is 14.8. The van der Waals surface area contributed by atoms with Gasteiger partial charge in [-0.05, 0) is 50.1 Å². The molecule has 1 saturated heterocycles. The Kier molecular flexibility index (Phi) is 4.87. The maximum absolute atomic E-state index is 10.8. The minimum Gasteiger partial charge on any atom is -0.496 e. The number of benzene rings is 1. The van der Waals surface area contributed by atoms with Gasteiger partial charge in [0.05, 0.1) is 12.7 Å². The molecule has 1 aliphatic heterocycles. The van der Waals surface area contributed by atoms with Crippen molar-refractivity contribution in [1.82, 2.24) is 5.32 Å². The largest absolute Gasteiger partial charge is 0.496 e. The molecule has 0 bridgehead atoms. The zero-order valence-electron chi connectivity index (χ0n) is 11.6. The van der Waals surface area contributed by atoms with Crippen LogP contribution in [0.25, 0.3) is 0 Å². The van der Waals surface area contributed by atoms with Crippen LogP contribution in [0.4, 0.5) is 0 Å². The van der Waals surface area contributed by atoms with Crippen molar-refractivity contribution in [1.29, 1.82) is 0 Å². The van der Waals surface area contributed by atoms with Crippen molar-refractivity contribution in [3.05, 3.63) is 28.2 Å². The van der Waals surface area contributed by atoms with Crippen molar-refractivity contribution >= 4 is 15.9 Å². The molecule has 1 fully saturated rings. The van der Waals surface area contributed by atoms with E-state index in [0.717, 1.165) is 41.7 Å². The predicted molar refractivity (Wildman–Crippen MR) is 80.6 cm³/mol. The molecular formula is C15H22BrNO2. The summed E-state index contributed by atoms with van der Waals surface area (Å²) >= 11 is 3.48.